The van der Waals surface area contributed by atoms with Gasteiger partial charge in [0, 0.05) is 29.2 Å². The Bertz CT molecular complexity index is 1640. The number of aliphatic hydroxyl groups is 1. The Hall–Kier alpha value is -3.71. The number of allylic oxidation sites excluding steroid dienone is 7. The molecule has 2 saturated carbocycles. The van der Waals surface area contributed by atoms with Crippen LogP contribution in [-0.4, -0.2) is 48.8 Å². The summed E-state index contributed by atoms with van der Waals surface area (Å²) in [4.78, 5) is 39.7. The molecule has 3 aliphatic carbocycles. The van der Waals surface area contributed by atoms with Crippen LogP contribution in [0.3, 0.4) is 0 Å². The molecule has 0 saturated heterocycles. The van der Waals surface area contributed by atoms with Crippen LogP contribution in [0.25, 0.3) is 6.08 Å². The van der Waals surface area contributed by atoms with Gasteiger partial charge in [-0.15, -0.1) is 0 Å². The molecule has 51 heavy (non-hydrogen) atoms. The number of fused-ring (bicyclic) bond motifs is 1. The highest BCUT2D eigenvalue weighted by Crippen LogP contribution is 2.64. The number of benzene rings is 1. The molecule has 7 nitrogen and oxygen atoms in total. The first-order valence-corrected chi connectivity index (χ1v) is 18.6. The van der Waals surface area contributed by atoms with Gasteiger partial charge in [-0.2, -0.15) is 0 Å². The molecule has 0 aliphatic heterocycles. The number of carbonyl (C=O) groups excluding carboxylic acids is 3. The monoisotopic (exact) mass is 700 g/mol. The summed E-state index contributed by atoms with van der Waals surface area (Å²) in [5.74, 6) is 0.0354. The summed E-state index contributed by atoms with van der Waals surface area (Å²) >= 11 is 0. The van der Waals surface area contributed by atoms with Crippen molar-refractivity contribution in [3.8, 4) is 5.75 Å². The molecule has 0 spiro atoms. The third kappa shape index (κ3) is 8.35. The van der Waals surface area contributed by atoms with Crippen LogP contribution < -0.4 is 4.74 Å². The van der Waals surface area contributed by atoms with Gasteiger partial charge in [-0.3, -0.25) is 4.79 Å². The number of esters is 2. The second-order valence-corrected chi connectivity index (χ2v) is 15.8. The van der Waals surface area contributed by atoms with E-state index in [4.69, 9.17) is 14.2 Å². The fraction of sp³-hybridized carbons (Fsp3) is 0.568. The van der Waals surface area contributed by atoms with Crippen LogP contribution in [0.2, 0.25) is 0 Å². The van der Waals surface area contributed by atoms with Gasteiger partial charge in [0.1, 0.15) is 17.6 Å². The lowest BCUT2D eigenvalue weighted by atomic mass is 9.49. The van der Waals surface area contributed by atoms with Crippen molar-refractivity contribution in [2.24, 2.45) is 28.1 Å². The summed E-state index contributed by atoms with van der Waals surface area (Å²) in [5.41, 5.74) is 5.09. The van der Waals surface area contributed by atoms with Crippen LogP contribution in [-0.2, 0) is 23.9 Å². The van der Waals surface area contributed by atoms with Crippen LogP contribution >= 0.6 is 0 Å². The lowest BCUT2D eigenvalue weighted by molar-refractivity contribution is -0.183. The summed E-state index contributed by atoms with van der Waals surface area (Å²) in [7, 11) is 1.69. The number of ether oxygens (including phenoxy) is 3. The summed E-state index contributed by atoms with van der Waals surface area (Å²) in [6, 6.07) is 2.05. The molecular weight excluding hydrogens is 640 g/mol. The number of aryl methyl sites for hydroxylation is 1. The van der Waals surface area contributed by atoms with Crippen molar-refractivity contribution in [1.29, 1.82) is 0 Å². The number of ketones is 1. The Labute approximate surface area is 305 Å². The van der Waals surface area contributed by atoms with Gasteiger partial charge in [-0.05, 0) is 125 Å². The van der Waals surface area contributed by atoms with Crippen LogP contribution in [0.1, 0.15) is 109 Å². The van der Waals surface area contributed by atoms with Crippen molar-refractivity contribution in [2.75, 3.05) is 13.7 Å². The molecule has 2 unspecified atom stereocenters. The zero-order valence-electron chi connectivity index (χ0n) is 32.6. The third-order valence-corrected chi connectivity index (χ3v) is 12.7. The van der Waals surface area contributed by atoms with E-state index in [0.717, 1.165) is 48.1 Å². The lowest BCUT2D eigenvalue weighted by Crippen LogP contribution is -2.56. The van der Waals surface area contributed by atoms with E-state index < -0.39 is 41.6 Å². The summed E-state index contributed by atoms with van der Waals surface area (Å²) in [6.45, 7) is 17.8. The van der Waals surface area contributed by atoms with E-state index in [1.807, 2.05) is 37.3 Å². The van der Waals surface area contributed by atoms with E-state index in [2.05, 4.69) is 59.8 Å². The number of carbonyl (C=O) groups is 3. The first-order valence-electron chi connectivity index (χ1n) is 18.6. The molecule has 2 fully saturated rings. The normalized spacial score (nSPS) is 29.2. The topological polar surface area (TPSA) is 99.1 Å². The molecule has 1 aromatic carbocycles. The molecule has 1 N–H and O–H groups in total. The predicted octanol–water partition coefficient (Wildman–Crippen LogP) is 9.07. The molecule has 0 radical (unpaired) electrons. The largest absolute Gasteiger partial charge is 0.496 e. The van der Waals surface area contributed by atoms with E-state index in [0.29, 0.717) is 30.8 Å². The standard InChI is InChI=1S/C44H60O7/c1-11-44-23-19-36(46)41(44)42(9,22-18-31(44)5)38(26-43(34(8)45)20-13-21-43)51-40(48)27-50-39(47)24-29(3)15-12-14-28(2)16-17-35-30(4)25-37(49-10)33(7)32(35)6/h12-17,20,24-25,31,34,38,41,45H,11,18-19,21-23,26-27H2,1-10H3/b15-12+,17-16+,28-14+,29-24+/t31-,34+,38-,41?,42+,43+,44?/m1/s1. The molecule has 0 aromatic heterocycles. The van der Waals surface area contributed by atoms with E-state index in [1.165, 1.54) is 17.2 Å². The molecule has 7 atom stereocenters. The molecule has 1 aromatic rings. The van der Waals surface area contributed by atoms with Gasteiger partial charge in [-0.1, -0.05) is 68.9 Å². The van der Waals surface area contributed by atoms with Gasteiger partial charge in [-0.25, -0.2) is 9.59 Å². The van der Waals surface area contributed by atoms with Gasteiger partial charge >= 0.3 is 11.9 Å². The smallest absolute Gasteiger partial charge is 0.344 e. The van der Waals surface area contributed by atoms with Crippen molar-refractivity contribution >= 4 is 23.8 Å². The van der Waals surface area contributed by atoms with Crippen LogP contribution in [0.4, 0.5) is 0 Å². The number of hydrogen-bond acceptors (Lipinski definition) is 7. The minimum Gasteiger partial charge on any atom is -0.496 e. The van der Waals surface area contributed by atoms with E-state index >= 15 is 0 Å². The maximum atomic E-state index is 13.6. The quantitative estimate of drug-likeness (QED) is 0.0895. The summed E-state index contributed by atoms with van der Waals surface area (Å²) in [6.07, 6.45) is 19.0. The average Bonchev–Trinajstić information content (AvgIpc) is 3.43. The highest BCUT2D eigenvalue weighted by molar-refractivity contribution is 5.86. The first kappa shape index (κ1) is 40.1. The number of rotatable bonds is 14. The second kappa shape index (κ2) is 16.3. The number of methoxy groups -OCH3 is 1. The molecule has 7 heteroatoms. The minimum absolute atomic E-state index is 0.123. The van der Waals surface area contributed by atoms with Gasteiger partial charge in [0.25, 0.3) is 0 Å². The average molecular weight is 701 g/mol. The van der Waals surface area contributed by atoms with Crippen molar-refractivity contribution in [3.05, 3.63) is 82.0 Å². The van der Waals surface area contributed by atoms with Gasteiger partial charge < -0.3 is 19.3 Å². The summed E-state index contributed by atoms with van der Waals surface area (Å²) in [5, 5.41) is 10.8. The van der Waals surface area contributed by atoms with Crippen molar-refractivity contribution in [3.63, 3.8) is 0 Å². The van der Waals surface area contributed by atoms with Gasteiger partial charge in [0.15, 0.2) is 6.61 Å². The summed E-state index contributed by atoms with van der Waals surface area (Å²) < 4.78 is 17.1. The Morgan fingerprint density at radius 1 is 1.10 bits per heavy atom. The molecule has 0 amide bonds. The van der Waals surface area contributed by atoms with Crippen LogP contribution in [0, 0.1) is 48.9 Å². The second-order valence-electron chi connectivity index (χ2n) is 15.8. The molecule has 0 bridgehead atoms. The SMILES string of the molecule is CCC12CCC(=O)C1[C@](C)([C@@H](C[C@]1([C@H](C)O)C=CC1)OC(=O)COC(=O)/C=C(C)/C=C/C=C(C)/C=C/c1c(C)cc(OC)c(C)c1C)CC[C@H]2C. The molecule has 3 aliphatic rings. The predicted molar refractivity (Wildman–Crippen MR) is 203 cm³/mol. The van der Waals surface area contributed by atoms with Gasteiger partial charge in [0.2, 0.25) is 0 Å². The Balaban J connectivity index is 1.41. The lowest BCUT2D eigenvalue weighted by Gasteiger charge is -2.56. The van der Waals surface area contributed by atoms with Crippen molar-refractivity contribution in [2.45, 2.75) is 119 Å². The van der Waals surface area contributed by atoms with E-state index in [-0.39, 0.29) is 17.1 Å². The van der Waals surface area contributed by atoms with Gasteiger partial charge in [0.05, 0.1) is 13.2 Å². The molecule has 278 valence electrons. The number of Topliss-reactive ketones (excluding diaryl/α,β-unsaturated/α-hetero) is 1. The third-order valence-electron chi connectivity index (χ3n) is 12.7. The minimum atomic E-state index is -0.644. The zero-order valence-corrected chi connectivity index (χ0v) is 32.6. The van der Waals surface area contributed by atoms with Crippen molar-refractivity contribution < 1.29 is 33.7 Å². The maximum absolute atomic E-state index is 13.6. The Kier molecular flexibility index (Phi) is 12.8. The zero-order chi connectivity index (χ0) is 37.7. The van der Waals surface area contributed by atoms with Crippen molar-refractivity contribution in [1.82, 2.24) is 0 Å². The maximum Gasteiger partial charge on any atom is 0.344 e. The van der Waals surface area contributed by atoms with Crippen LogP contribution in [0.15, 0.2) is 59.7 Å². The molecule has 0 heterocycles. The molecular formula is C44H60O7. The first-order chi connectivity index (χ1) is 24.0. The van der Waals surface area contributed by atoms with Crippen LogP contribution in [0.5, 0.6) is 5.75 Å². The Morgan fingerprint density at radius 3 is 2.41 bits per heavy atom. The number of hydrogen-bond donors (Lipinski definition) is 1. The molecule has 4 rings (SSSR count). The van der Waals surface area contributed by atoms with E-state index in [1.54, 1.807) is 21.0 Å². The number of aliphatic hydroxyl groups excluding tert-OH is 1. The fourth-order valence-corrected chi connectivity index (χ4v) is 9.12. The highest BCUT2D eigenvalue weighted by atomic mass is 16.6. The highest BCUT2D eigenvalue weighted by Gasteiger charge is 2.63. The fourth-order valence-electron chi connectivity index (χ4n) is 9.12. The van der Waals surface area contributed by atoms with E-state index in [9.17, 15) is 19.5 Å². The Morgan fingerprint density at radius 2 is 1.80 bits per heavy atom.